The molecule has 0 unspecified atom stereocenters. The van der Waals surface area contributed by atoms with Gasteiger partial charge >= 0.3 is 0 Å². The van der Waals surface area contributed by atoms with Gasteiger partial charge in [0.2, 0.25) is 0 Å². The maximum absolute atomic E-state index is 6.44. The second kappa shape index (κ2) is 12.1. The van der Waals surface area contributed by atoms with E-state index >= 15 is 0 Å². The molecule has 11 rings (SSSR count). The van der Waals surface area contributed by atoms with Crippen LogP contribution in [0, 0.1) is 0 Å². The Morgan fingerprint density at radius 1 is 0.491 bits per heavy atom. The summed E-state index contributed by atoms with van der Waals surface area (Å²) in [5.74, 6) is 0. The van der Waals surface area contributed by atoms with Crippen LogP contribution in [0.5, 0.6) is 0 Å². The minimum absolute atomic E-state index is 0.878. The molecule has 0 amide bonds. The summed E-state index contributed by atoms with van der Waals surface area (Å²) in [7, 11) is 0. The molecule has 8 aromatic carbocycles. The highest BCUT2D eigenvalue weighted by molar-refractivity contribution is 7.25. The van der Waals surface area contributed by atoms with Crippen molar-refractivity contribution in [2.75, 3.05) is 4.90 Å². The van der Waals surface area contributed by atoms with E-state index in [1.54, 1.807) is 0 Å². The number of hydrogen-bond donors (Lipinski definition) is 0. The topological polar surface area (TPSA) is 16.4 Å². The number of anilines is 3. The molecule has 1 aliphatic carbocycles. The Hall–Kier alpha value is -6.42. The van der Waals surface area contributed by atoms with Crippen molar-refractivity contribution in [3.8, 4) is 22.3 Å². The molecule has 2 heterocycles. The molecule has 53 heavy (non-hydrogen) atoms. The smallest absolute Gasteiger partial charge is 0.137 e. The normalized spacial score (nSPS) is 12.7. The summed E-state index contributed by atoms with van der Waals surface area (Å²) >= 11 is 1.86. The summed E-state index contributed by atoms with van der Waals surface area (Å²) in [6.45, 7) is 0. The van der Waals surface area contributed by atoms with Crippen molar-refractivity contribution in [3.05, 3.63) is 181 Å². The third-order valence-electron chi connectivity index (χ3n) is 10.9. The summed E-state index contributed by atoms with van der Waals surface area (Å²) in [6.07, 6.45) is 6.77. The highest BCUT2D eigenvalue weighted by atomic mass is 32.1. The summed E-state index contributed by atoms with van der Waals surface area (Å²) in [5, 5.41) is 7.43. The van der Waals surface area contributed by atoms with Crippen LogP contribution in [0.1, 0.15) is 17.5 Å². The van der Waals surface area contributed by atoms with E-state index in [-0.39, 0.29) is 0 Å². The molecule has 0 N–H and O–H groups in total. The van der Waals surface area contributed by atoms with Crippen LogP contribution in [0.3, 0.4) is 0 Å². The fourth-order valence-corrected chi connectivity index (χ4v) is 9.57. The van der Waals surface area contributed by atoms with Crippen LogP contribution in [-0.4, -0.2) is 0 Å². The quantitative estimate of drug-likeness (QED) is 0.178. The summed E-state index contributed by atoms with van der Waals surface area (Å²) in [6, 6.07) is 59.7. The average Bonchev–Trinajstić information content (AvgIpc) is 3.80. The van der Waals surface area contributed by atoms with Gasteiger partial charge in [-0.15, -0.1) is 11.3 Å². The predicted octanol–water partition coefficient (Wildman–Crippen LogP) is 14.9. The van der Waals surface area contributed by atoms with Crippen LogP contribution in [0.4, 0.5) is 17.1 Å². The largest absolute Gasteiger partial charge is 0.456 e. The van der Waals surface area contributed by atoms with Crippen LogP contribution >= 0.6 is 11.3 Å². The van der Waals surface area contributed by atoms with E-state index in [9.17, 15) is 0 Å². The van der Waals surface area contributed by atoms with Crippen LogP contribution in [-0.2, 0) is 6.42 Å². The van der Waals surface area contributed by atoms with Gasteiger partial charge in [-0.05, 0) is 112 Å². The molecule has 0 fully saturated rings. The lowest BCUT2D eigenvalue weighted by Gasteiger charge is -2.29. The van der Waals surface area contributed by atoms with Gasteiger partial charge in [-0.1, -0.05) is 115 Å². The van der Waals surface area contributed by atoms with Gasteiger partial charge in [-0.25, -0.2) is 0 Å². The number of furan rings is 1. The lowest BCUT2D eigenvalue weighted by molar-refractivity contribution is 0.669. The van der Waals surface area contributed by atoms with Crippen LogP contribution < -0.4 is 4.90 Å². The van der Waals surface area contributed by atoms with Gasteiger partial charge in [-0.3, -0.25) is 0 Å². The van der Waals surface area contributed by atoms with Gasteiger partial charge < -0.3 is 9.32 Å². The van der Waals surface area contributed by atoms with Crippen molar-refractivity contribution < 1.29 is 4.42 Å². The van der Waals surface area contributed by atoms with E-state index in [2.05, 4.69) is 175 Å². The van der Waals surface area contributed by atoms with E-state index in [0.717, 1.165) is 51.8 Å². The molecule has 250 valence electrons. The molecule has 0 spiro atoms. The first-order valence-corrected chi connectivity index (χ1v) is 19.1. The Labute approximate surface area is 311 Å². The Morgan fingerprint density at radius 3 is 2.09 bits per heavy atom. The molecular formula is C50H33NOS. The van der Waals surface area contributed by atoms with E-state index in [4.69, 9.17) is 4.42 Å². The molecule has 0 aliphatic heterocycles. The van der Waals surface area contributed by atoms with Gasteiger partial charge in [0.05, 0.1) is 16.8 Å². The molecule has 1 aliphatic rings. The first kappa shape index (κ1) is 30.2. The number of allylic oxidation sites excluding steroid dienone is 1. The maximum Gasteiger partial charge on any atom is 0.137 e. The van der Waals surface area contributed by atoms with Crippen molar-refractivity contribution in [1.82, 2.24) is 0 Å². The molecule has 0 atom stereocenters. The van der Waals surface area contributed by atoms with Crippen LogP contribution in [0.15, 0.2) is 174 Å². The molecule has 10 aromatic rings. The standard InChI is InChI=1S/C50H33NOS/c1-2-13-36-33(12-1)30-42(39-16-4-3-15-38(36)39)32-24-27-35(28-25-32)51(45-20-11-22-47-50(45)41-18-6-9-21-46(41)52-47)44-19-8-5-14-37(44)34-26-29-49-43(31-34)40-17-7-10-23-48(40)53-49/h2-11,13-31H,1,12H2. The zero-order valence-corrected chi connectivity index (χ0v) is 29.7. The fraction of sp³-hybridized carbons (Fsp3) is 0.0400. The van der Waals surface area contributed by atoms with Gasteiger partial charge in [0.25, 0.3) is 0 Å². The SMILES string of the molecule is C1=Cc2c(cc(-c3ccc(N(c4ccccc4-c4ccc5sc6ccccc6c5c4)c4cccc5oc6ccccc6c45)cc3)c3ccccc23)CC1. The van der Waals surface area contributed by atoms with Crippen molar-refractivity contribution in [1.29, 1.82) is 0 Å². The second-order valence-electron chi connectivity index (χ2n) is 13.9. The number of benzene rings is 8. The molecule has 0 saturated heterocycles. The molecule has 2 nitrogen and oxygen atoms in total. The first-order valence-electron chi connectivity index (χ1n) is 18.3. The number of nitrogens with zero attached hydrogens (tertiary/aromatic N) is 1. The summed E-state index contributed by atoms with van der Waals surface area (Å²) in [4.78, 5) is 2.43. The third kappa shape index (κ3) is 4.85. The molecular weight excluding hydrogens is 663 g/mol. The second-order valence-corrected chi connectivity index (χ2v) is 15.0. The van der Waals surface area contributed by atoms with Crippen molar-refractivity contribution in [2.24, 2.45) is 0 Å². The number of rotatable bonds is 5. The van der Waals surface area contributed by atoms with E-state index in [1.807, 2.05) is 17.4 Å². The van der Waals surface area contributed by atoms with E-state index < -0.39 is 0 Å². The maximum atomic E-state index is 6.44. The lowest BCUT2D eigenvalue weighted by Crippen LogP contribution is -2.11. The number of aryl methyl sites for hydroxylation is 1. The van der Waals surface area contributed by atoms with Crippen molar-refractivity contribution >= 4 is 87.4 Å². The highest BCUT2D eigenvalue weighted by Gasteiger charge is 2.23. The number of hydrogen-bond acceptors (Lipinski definition) is 3. The molecule has 2 aromatic heterocycles. The lowest BCUT2D eigenvalue weighted by atomic mass is 9.87. The summed E-state index contributed by atoms with van der Waals surface area (Å²) < 4.78 is 9.06. The zero-order chi connectivity index (χ0) is 34.9. The Kier molecular flexibility index (Phi) is 6.89. The van der Waals surface area contributed by atoms with Gasteiger partial charge in [0.15, 0.2) is 0 Å². The van der Waals surface area contributed by atoms with E-state index in [0.29, 0.717) is 0 Å². The van der Waals surface area contributed by atoms with Crippen molar-refractivity contribution in [3.63, 3.8) is 0 Å². The zero-order valence-electron chi connectivity index (χ0n) is 28.9. The first-order chi connectivity index (χ1) is 26.3. The van der Waals surface area contributed by atoms with Gasteiger partial charge in [0, 0.05) is 36.8 Å². The van der Waals surface area contributed by atoms with Gasteiger partial charge in [-0.2, -0.15) is 0 Å². The van der Waals surface area contributed by atoms with Crippen LogP contribution in [0.25, 0.3) is 81.2 Å². The highest BCUT2D eigenvalue weighted by Crippen LogP contribution is 2.47. The van der Waals surface area contributed by atoms with Crippen LogP contribution in [0.2, 0.25) is 0 Å². The predicted molar refractivity (Wildman–Crippen MR) is 227 cm³/mol. The molecule has 0 bridgehead atoms. The minimum atomic E-state index is 0.878. The molecule has 3 heteroatoms. The fourth-order valence-electron chi connectivity index (χ4n) is 8.48. The van der Waals surface area contributed by atoms with Crippen molar-refractivity contribution in [2.45, 2.75) is 12.8 Å². The molecule has 0 saturated carbocycles. The third-order valence-corrected chi connectivity index (χ3v) is 12.1. The Bertz CT molecular complexity index is 3070. The average molecular weight is 696 g/mol. The van der Waals surface area contributed by atoms with Gasteiger partial charge in [0.1, 0.15) is 11.2 Å². The monoisotopic (exact) mass is 695 g/mol. The molecule has 0 radical (unpaired) electrons. The number of para-hydroxylation sites is 2. The summed E-state index contributed by atoms with van der Waals surface area (Å²) in [5.41, 5.74) is 12.7. The van der Waals surface area contributed by atoms with E-state index in [1.165, 1.54) is 64.3 Å². The number of thiophene rings is 1. The minimum Gasteiger partial charge on any atom is -0.456 e. The Morgan fingerprint density at radius 2 is 1.19 bits per heavy atom. The Balaban J connectivity index is 1.13. The number of fused-ring (bicyclic) bond motifs is 9.